The average molecular weight is 415 g/mol. The highest BCUT2D eigenvalue weighted by molar-refractivity contribution is 5.80. The van der Waals surface area contributed by atoms with Crippen LogP contribution in [0.15, 0.2) is 60.7 Å². The summed E-state index contributed by atoms with van der Waals surface area (Å²) < 4.78 is 0. The molecule has 0 amide bonds. The summed E-state index contributed by atoms with van der Waals surface area (Å²) in [5, 5.41) is 3.64. The Labute approximate surface area is 186 Å². The fourth-order valence-corrected chi connectivity index (χ4v) is 4.83. The Kier molecular flexibility index (Phi) is 6.45. The molecule has 1 aromatic heterocycles. The maximum atomic E-state index is 6.50. The van der Waals surface area contributed by atoms with Crippen LogP contribution < -0.4 is 16.8 Å². The van der Waals surface area contributed by atoms with Crippen molar-refractivity contribution < 1.29 is 0 Å². The SMILES string of the molecule is CC(C)CNc1c(N)c(N)nc2c1C(Cc1ccccc1)C(Cc1ccccc1)CC2. The van der Waals surface area contributed by atoms with Crippen LogP contribution in [-0.2, 0) is 19.3 Å². The Bertz CT molecular complexity index is 999. The summed E-state index contributed by atoms with van der Waals surface area (Å²) in [5.41, 5.74) is 19.5. The number of rotatable bonds is 7. The fraction of sp³-hybridized carbons (Fsp3) is 0.370. The van der Waals surface area contributed by atoms with Crippen LogP contribution in [0.1, 0.15) is 48.6 Å². The minimum absolute atomic E-state index is 0.344. The molecular formula is C27H34N4. The van der Waals surface area contributed by atoms with Gasteiger partial charge in [0.1, 0.15) is 5.82 Å². The molecule has 0 spiro atoms. The van der Waals surface area contributed by atoms with E-state index in [9.17, 15) is 0 Å². The molecule has 2 aromatic carbocycles. The minimum Gasteiger partial charge on any atom is -0.394 e. The van der Waals surface area contributed by atoms with Gasteiger partial charge < -0.3 is 16.8 Å². The van der Waals surface area contributed by atoms with E-state index < -0.39 is 0 Å². The molecule has 3 aromatic rings. The first-order valence-electron chi connectivity index (χ1n) is 11.4. The first-order chi connectivity index (χ1) is 15.0. The highest BCUT2D eigenvalue weighted by Crippen LogP contribution is 2.46. The molecule has 0 saturated heterocycles. The molecule has 4 heteroatoms. The van der Waals surface area contributed by atoms with Gasteiger partial charge in [0, 0.05) is 17.8 Å². The van der Waals surface area contributed by atoms with Crippen LogP contribution in [0.5, 0.6) is 0 Å². The van der Waals surface area contributed by atoms with Crippen LogP contribution >= 0.6 is 0 Å². The van der Waals surface area contributed by atoms with Crippen molar-refractivity contribution in [2.75, 3.05) is 23.3 Å². The van der Waals surface area contributed by atoms with Crippen LogP contribution in [0.25, 0.3) is 0 Å². The molecule has 31 heavy (non-hydrogen) atoms. The third-order valence-electron chi connectivity index (χ3n) is 6.40. The van der Waals surface area contributed by atoms with Gasteiger partial charge >= 0.3 is 0 Å². The molecule has 1 heterocycles. The Balaban J connectivity index is 1.77. The summed E-state index contributed by atoms with van der Waals surface area (Å²) in [5.74, 6) is 1.83. The van der Waals surface area contributed by atoms with E-state index in [2.05, 4.69) is 79.8 Å². The lowest BCUT2D eigenvalue weighted by atomic mass is 9.71. The van der Waals surface area contributed by atoms with Crippen molar-refractivity contribution in [3.8, 4) is 0 Å². The molecule has 1 aliphatic carbocycles. The zero-order valence-electron chi connectivity index (χ0n) is 18.6. The Morgan fingerprint density at radius 1 is 0.935 bits per heavy atom. The summed E-state index contributed by atoms with van der Waals surface area (Å²) in [6, 6.07) is 21.6. The first-order valence-corrected chi connectivity index (χ1v) is 11.4. The van der Waals surface area contributed by atoms with Gasteiger partial charge in [-0.3, -0.25) is 0 Å². The quantitative estimate of drug-likeness (QED) is 0.481. The lowest BCUT2D eigenvalue weighted by Gasteiger charge is -2.36. The van der Waals surface area contributed by atoms with Crippen LogP contribution in [-0.4, -0.2) is 11.5 Å². The van der Waals surface area contributed by atoms with Gasteiger partial charge in [-0.1, -0.05) is 74.5 Å². The largest absolute Gasteiger partial charge is 0.394 e. The third-order valence-corrected chi connectivity index (χ3v) is 6.40. The molecule has 2 atom stereocenters. The number of nitrogens with one attached hydrogen (secondary N) is 1. The molecule has 0 aliphatic heterocycles. The molecule has 162 valence electrons. The summed E-state index contributed by atoms with van der Waals surface area (Å²) in [6.45, 7) is 5.28. The Morgan fingerprint density at radius 3 is 2.16 bits per heavy atom. The average Bonchev–Trinajstić information content (AvgIpc) is 2.77. The van der Waals surface area contributed by atoms with Crippen molar-refractivity contribution in [1.29, 1.82) is 0 Å². The second kappa shape index (κ2) is 9.42. The number of hydrogen-bond donors (Lipinski definition) is 3. The van der Waals surface area contributed by atoms with E-state index in [0.717, 1.165) is 43.6 Å². The molecule has 4 nitrogen and oxygen atoms in total. The predicted octanol–water partition coefficient (Wildman–Crippen LogP) is 5.45. The lowest BCUT2D eigenvalue weighted by Crippen LogP contribution is -2.28. The number of pyridine rings is 1. The van der Waals surface area contributed by atoms with Crippen molar-refractivity contribution >= 4 is 17.2 Å². The minimum atomic E-state index is 0.344. The van der Waals surface area contributed by atoms with Crippen molar-refractivity contribution in [3.63, 3.8) is 0 Å². The second-order valence-electron chi connectivity index (χ2n) is 9.21. The number of aryl methyl sites for hydroxylation is 1. The standard InChI is InChI=1S/C27H34N4/c1-18(2)17-30-26-24-22(16-20-11-7-4-8-12-20)21(15-19-9-5-3-6-10-19)13-14-23(24)31-27(29)25(26)28/h3-12,18,21-22H,13-17,28H2,1-2H3,(H3,29,30,31). The normalized spacial score (nSPS) is 18.0. The molecule has 2 unspecified atom stereocenters. The first kappa shape index (κ1) is 21.2. The van der Waals surface area contributed by atoms with Crippen molar-refractivity contribution in [2.24, 2.45) is 11.8 Å². The van der Waals surface area contributed by atoms with E-state index in [0.29, 0.717) is 29.3 Å². The summed E-state index contributed by atoms with van der Waals surface area (Å²) >= 11 is 0. The topological polar surface area (TPSA) is 77.0 Å². The monoisotopic (exact) mass is 414 g/mol. The smallest absolute Gasteiger partial charge is 0.149 e. The number of aromatic nitrogens is 1. The lowest BCUT2D eigenvalue weighted by molar-refractivity contribution is 0.364. The predicted molar refractivity (Wildman–Crippen MR) is 131 cm³/mol. The van der Waals surface area contributed by atoms with Gasteiger partial charge in [-0.15, -0.1) is 0 Å². The summed E-state index contributed by atoms with van der Waals surface area (Å²) in [6.07, 6.45) is 4.09. The van der Waals surface area contributed by atoms with E-state index in [1.54, 1.807) is 0 Å². The van der Waals surface area contributed by atoms with E-state index in [1.165, 1.54) is 16.7 Å². The Hall–Kier alpha value is -3.01. The molecule has 0 radical (unpaired) electrons. The van der Waals surface area contributed by atoms with Crippen molar-refractivity contribution in [3.05, 3.63) is 83.0 Å². The van der Waals surface area contributed by atoms with E-state index in [-0.39, 0.29) is 0 Å². The Morgan fingerprint density at radius 2 is 1.55 bits per heavy atom. The number of nitrogen functional groups attached to an aromatic ring is 2. The van der Waals surface area contributed by atoms with Crippen molar-refractivity contribution in [1.82, 2.24) is 4.98 Å². The molecule has 0 bridgehead atoms. The fourth-order valence-electron chi connectivity index (χ4n) is 4.83. The zero-order valence-corrected chi connectivity index (χ0v) is 18.6. The number of fused-ring (bicyclic) bond motifs is 1. The zero-order chi connectivity index (χ0) is 21.8. The molecule has 5 N–H and O–H groups in total. The summed E-state index contributed by atoms with van der Waals surface area (Å²) in [4.78, 5) is 4.75. The van der Waals surface area contributed by atoms with Crippen LogP contribution in [0.4, 0.5) is 17.2 Å². The van der Waals surface area contributed by atoms with Gasteiger partial charge in [-0.2, -0.15) is 0 Å². The molecule has 4 rings (SSSR count). The number of hydrogen-bond acceptors (Lipinski definition) is 4. The van der Waals surface area contributed by atoms with E-state index >= 15 is 0 Å². The van der Waals surface area contributed by atoms with Gasteiger partial charge in [0.15, 0.2) is 0 Å². The molecule has 0 saturated carbocycles. The van der Waals surface area contributed by atoms with E-state index in [4.69, 9.17) is 16.5 Å². The molecule has 0 fully saturated rings. The van der Waals surface area contributed by atoms with Crippen molar-refractivity contribution in [2.45, 2.75) is 45.4 Å². The number of nitrogens with two attached hydrogens (primary N) is 2. The molecular weight excluding hydrogens is 380 g/mol. The number of benzene rings is 2. The van der Waals surface area contributed by atoms with Crippen LogP contribution in [0, 0.1) is 11.8 Å². The highest BCUT2D eigenvalue weighted by Gasteiger charge is 2.34. The van der Waals surface area contributed by atoms with Gasteiger partial charge in [-0.25, -0.2) is 4.98 Å². The maximum absolute atomic E-state index is 6.50. The summed E-state index contributed by atoms with van der Waals surface area (Å²) in [7, 11) is 0. The van der Waals surface area contributed by atoms with Crippen LogP contribution in [0.2, 0.25) is 0 Å². The van der Waals surface area contributed by atoms with Gasteiger partial charge in [-0.05, 0) is 54.6 Å². The van der Waals surface area contributed by atoms with Gasteiger partial charge in [0.05, 0.1) is 11.4 Å². The molecule has 1 aliphatic rings. The highest BCUT2D eigenvalue weighted by atomic mass is 15.0. The van der Waals surface area contributed by atoms with Gasteiger partial charge in [0.2, 0.25) is 0 Å². The van der Waals surface area contributed by atoms with E-state index in [1.807, 2.05) is 0 Å². The number of anilines is 3. The maximum Gasteiger partial charge on any atom is 0.149 e. The second-order valence-corrected chi connectivity index (χ2v) is 9.21. The number of nitrogens with zero attached hydrogens (tertiary/aromatic N) is 1. The van der Waals surface area contributed by atoms with Gasteiger partial charge in [0.25, 0.3) is 0 Å². The van der Waals surface area contributed by atoms with Crippen LogP contribution in [0.3, 0.4) is 0 Å². The third kappa shape index (κ3) is 4.84.